The van der Waals surface area contributed by atoms with E-state index in [1.165, 1.54) is 0 Å². The second kappa shape index (κ2) is 16.2. The van der Waals surface area contributed by atoms with E-state index in [0.717, 1.165) is 16.7 Å². The number of rotatable bonds is 9. The Kier molecular flexibility index (Phi) is 11.6. The van der Waals surface area contributed by atoms with Gasteiger partial charge in [-0.25, -0.2) is 0 Å². The highest BCUT2D eigenvalue weighted by Crippen LogP contribution is 2.23. The van der Waals surface area contributed by atoms with Gasteiger partial charge in [-0.15, -0.1) is 0 Å². The number of likely N-dealkylation sites (N-methyl/N-ethyl adjacent to an activating group) is 1. The third-order valence-electron chi connectivity index (χ3n) is 8.90. The summed E-state index contributed by atoms with van der Waals surface area (Å²) in [5.41, 5.74) is 2.73. The molecule has 0 spiro atoms. The maximum Gasteiger partial charge on any atom is 0.247 e. The number of fused-ring (bicyclic) bond motifs is 10. The smallest absolute Gasteiger partial charge is 0.247 e. The van der Waals surface area contributed by atoms with Gasteiger partial charge in [0.1, 0.15) is 30.0 Å². The number of likely N-dealkylation sites (tertiary alicyclic amines) is 1. The second-order valence-electron chi connectivity index (χ2n) is 12.7. The van der Waals surface area contributed by atoms with Crippen LogP contribution >= 0.6 is 0 Å². The minimum Gasteiger partial charge on any atom is -0.487 e. The molecular formula is C38H45N5O5. The second-order valence-corrected chi connectivity index (χ2v) is 12.7. The van der Waals surface area contributed by atoms with Gasteiger partial charge in [0.2, 0.25) is 23.6 Å². The minimum absolute atomic E-state index is 0.168. The first-order valence-electron chi connectivity index (χ1n) is 16.6. The average molecular weight is 652 g/mol. The number of nitrogens with one attached hydrogen (secondary N) is 4. The first-order chi connectivity index (χ1) is 23.2. The molecule has 3 heterocycles. The molecule has 0 aromatic heterocycles. The number of ether oxygens (including phenoxy) is 1. The summed E-state index contributed by atoms with van der Waals surface area (Å²) in [7, 11) is 1.74. The van der Waals surface area contributed by atoms with Gasteiger partial charge in [0.05, 0.1) is 6.04 Å². The molecule has 0 unspecified atom stereocenters. The van der Waals surface area contributed by atoms with E-state index in [2.05, 4.69) is 21.3 Å². The Balaban J connectivity index is 1.42. The average Bonchev–Trinajstić information content (AvgIpc) is 3.59. The van der Waals surface area contributed by atoms with Gasteiger partial charge in [-0.2, -0.15) is 0 Å². The van der Waals surface area contributed by atoms with Crippen molar-refractivity contribution in [2.45, 2.75) is 69.8 Å². The maximum atomic E-state index is 14.2. The van der Waals surface area contributed by atoms with Gasteiger partial charge in [-0.1, -0.05) is 86.6 Å². The molecule has 0 saturated carbocycles. The fourth-order valence-electron chi connectivity index (χ4n) is 6.26. The minimum atomic E-state index is -1.16. The number of carbonyl (C=O) groups is 4. The van der Waals surface area contributed by atoms with Crippen LogP contribution in [0.15, 0.2) is 91.1 Å². The van der Waals surface area contributed by atoms with E-state index in [0.29, 0.717) is 31.6 Å². The number of nitrogens with zero attached hydrogens (tertiary/aromatic N) is 1. The summed E-state index contributed by atoms with van der Waals surface area (Å²) in [5.74, 6) is -1.23. The Morgan fingerprint density at radius 2 is 1.58 bits per heavy atom. The predicted octanol–water partition coefficient (Wildman–Crippen LogP) is 3.22. The number of carbonyl (C=O) groups excluding carboxylic acids is 4. The molecule has 48 heavy (non-hydrogen) atoms. The van der Waals surface area contributed by atoms with Gasteiger partial charge in [0, 0.05) is 19.2 Å². The van der Waals surface area contributed by atoms with Crippen LogP contribution in [0.3, 0.4) is 0 Å². The fourth-order valence-corrected chi connectivity index (χ4v) is 6.26. The SMILES string of the molecule is CN[C@@H](Cc1ccccc1)C(=O)N1CCC[C@@H]1C(=O)N[C@H]1C(=O)N[C@H](Cc2ccccc2)C(=O)N/C=C\c2ccc(cc2)O[C@@H]1C(C)C. The van der Waals surface area contributed by atoms with E-state index in [-0.39, 0.29) is 18.2 Å². The molecule has 0 aliphatic carbocycles. The zero-order valence-electron chi connectivity index (χ0n) is 27.7. The first kappa shape index (κ1) is 34.4. The lowest BCUT2D eigenvalue weighted by atomic mass is 9.96. The third-order valence-corrected chi connectivity index (χ3v) is 8.90. The Labute approximate surface area is 282 Å². The van der Waals surface area contributed by atoms with Crippen molar-refractivity contribution in [3.05, 3.63) is 108 Å². The van der Waals surface area contributed by atoms with Gasteiger partial charge in [-0.3, -0.25) is 19.2 Å². The molecule has 0 radical (unpaired) electrons. The van der Waals surface area contributed by atoms with E-state index < -0.39 is 48.0 Å². The predicted molar refractivity (Wildman–Crippen MR) is 185 cm³/mol. The first-order valence-corrected chi connectivity index (χ1v) is 16.6. The molecule has 3 aliphatic rings. The number of hydrogen-bond acceptors (Lipinski definition) is 6. The van der Waals surface area contributed by atoms with Crippen molar-refractivity contribution in [3.8, 4) is 5.75 Å². The Morgan fingerprint density at radius 3 is 2.23 bits per heavy atom. The molecule has 2 bridgehead atoms. The standard InChI is InChI=1S/C38H45N5O5/c1-25(2)34-33(42-36(45)32-15-10-22-43(32)38(47)31(39-3)24-28-13-8-5-9-14-28)37(46)41-30(23-27-11-6-4-7-12-27)35(44)40-21-20-26-16-18-29(48-34)19-17-26/h4-9,11-14,16-21,25,30-34,39H,10,15,22-24H2,1-3H3,(H,40,44)(H,41,46)(H,42,45)/b21-20-/t30-,31+,32-,33-,34-/m1/s1. The number of amides is 4. The van der Waals surface area contributed by atoms with Crippen molar-refractivity contribution in [2.24, 2.45) is 5.92 Å². The molecule has 3 aliphatic heterocycles. The fraction of sp³-hybridized carbons (Fsp3) is 0.368. The summed E-state index contributed by atoms with van der Waals surface area (Å²) in [4.78, 5) is 57.2. The Hall–Kier alpha value is -4.96. The van der Waals surface area contributed by atoms with Crippen molar-refractivity contribution < 1.29 is 23.9 Å². The summed E-state index contributed by atoms with van der Waals surface area (Å²) < 4.78 is 6.41. The molecule has 252 valence electrons. The number of benzene rings is 3. The maximum absolute atomic E-state index is 14.2. The van der Waals surface area contributed by atoms with Crippen LogP contribution in [0.5, 0.6) is 5.75 Å². The summed E-state index contributed by atoms with van der Waals surface area (Å²) in [5, 5.41) is 11.8. The molecular weight excluding hydrogens is 606 g/mol. The summed E-state index contributed by atoms with van der Waals surface area (Å²) >= 11 is 0. The van der Waals surface area contributed by atoms with E-state index in [4.69, 9.17) is 4.74 Å². The molecule has 10 nitrogen and oxygen atoms in total. The van der Waals surface area contributed by atoms with E-state index in [9.17, 15) is 19.2 Å². The topological polar surface area (TPSA) is 129 Å². The van der Waals surface area contributed by atoms with Crippen molar-refractivity contribution >= 4 is 29.7 Å². The lowest BCUT2D eigenvalue weighted by molar-refractivity contribution is -0.142. The zero-order valence-corrected chi connectivity index (χ0v) is 27.7. The monoisotopic (exact) mass is 651 g/mol. The van der Waals surface area contributed by atoms with E-state index in [1.807, 2.05) is 86.6 Å². The van der Waals surface area contributed by atoms with Crippen molar-refractivity contribution in [1.29, 1.82) is 0 Å². The molecule has 10 heteroatoms. The highest BCUT2D eigenvalue weighted by molar-refractivity contribution is 5.95. The molecule has 6 rings (SSSR count). The summed E-state index contributed by atoms with van der Waals surface area (Å²) in [6.07, 6.45) is 4.38. The highest BCUT2D eigenvalue weighted by Gasteiger charge is 2.41. The zero-order chi connectivity index (χ0) is 34.0. The van der Waals surface area contributed by atoms with Gasteiger partial charge >= 0.3 is 0 Å². The molecule has 1 saturated heterocycles. The molecule has 3 aromatic rings. The van der Waals surface area contributed by atoms with E-state index in [1.54, 1.807) is 36.4 Å². The Morgan fingerprint density at radius 1 is 0.917 bits per heavy atom. The highest BCUT2D eigenvalue weighted by atomic mass is 16.5. The molecule has 3 aromatic carbocycles. The van der Waals surface area contributed by atoms with Crippen LogP contribution in [0.2, 0.25) is 0 Å². The van der Waals surface area contributed by atoms with Crippen LogP contribution in [-0.2, 0) is 32.0 Å². The lowest BCUT2D eigenvalue weighted by Crippen LogP contribution is -2.62. The molecule has 4 N–H and O–H groups in total. The van der Waals surface area contributed by atoms with Gasteiger partial charge in [-0.05, 0) is 67.1 Å². The quantitative estimate of drug-likeness (QED) is 0.281. The van der Waals surface area contributed by atoms with Gasteiger partial charge in [0.15, 0.2) is 0 Å². The normalized spacial score (nSPS) is 22.6. The molecule has 4 amide bonds. The van der Waals surface area contributed by atoms with Crippen LogP contribution < -0.4 is 26.0 Å². The number of hydrogen-bond donors (Lipinski definition) is 4. The third kappa shape index (κ3) is 8.68. The van der Waals surface area contributed by atoms with Crippen LogP contribution in [0, 0.1) is 5.92 Å². The van der Waals surface area contributed by atoms with E-state index >= 15 is 0 Å². The van der Waals surface area contributed by atoms with Crippen LogP contribution in [0.4, 0.5) is 0 Å². The van der Waals surface area contributed by atoms with Crippen molar-refractivity contribution in [1.82, 2.24) is 26.2 Å². The Bertz CT molecular complexity index is 1580. The molecule has 5 atom stereocenters. The van der Waals surface area contributed by atoms with Crippen LogP contribution in [0.25, 0.3) is 6.08 Å². The summed E-state index contributed by atoms with van der Waals surface area (Å²) in [6, 6.07) is 23.1. The van der Waals surface area contributed by atoms with Crippen molar-refractivity contribution in [3.63, 3.8) is 0 Å². The largest absolute Gasteiger partial charge is 0.487 e. The molecule has 1 fully saturated rings. The van der Waals surface area contributed by atoms with Crippen LogP contribution in [0.1, 0.15) is 43.4 Å². The van der Waals surface area contributed by atoms with Crippen LogP contribution in [-0.4, -0.2) is 72.4 Å². The van der Waals surface area contributed by atoms with Crippen molar-refractivity contribution in [2.75, 3.05) is 13.6 Å². The lowest BCUT2D eigenvalue weighted by Gasteiger charge is -2.34. The van der Waals surface area contributed by atoms with Gasteiger partial charge < -0.3 is 30.9 Å². The van der Waals surface area contributed by atoms with Gasteiger partial charge in [0.25, 0.3) is 0 Å². The summed E-state index contributed by atoms with van der Waals surface area (Å²) in [6.45, 7) is 4.26.